The van der Waals surface area contributed by atoms with Crippen LogP contribution in [0, 0.1) is 0 Å². The van der Waals surface area contributed by atoms with Gasteiger partial charge in [0.15, 0.2) is 0 Å². The average molecular weight is 329 g/mol. The summed E-state index contributed by atoms with van der Waals surface area (Å²) in [6.07, 6.45) is -0.380. The summed E-state index contributed by atoms with van der Waals surface area (Å²) in [5, 5.41) is 0.971. The molecule has 0 heterocycles. The van der Waals surface area contributed by atoms with Crippen LogP contribution in [0.25, 0.3) is 0 Å². The third-order valence-electron chi connectivity index (χ3n) is 1.68. The zero-order valence-electron chi connectivity index (χ0n) is 7.76. The molecule has 0 aliphatic heterocycles. The van der Waals surface area contributed by atoms with Crippen molar-refractivity contribution in [3.8, 4) is 5.75 Å². The summed E-state index contributed by atoms with van der Waals surface area (Å²) >= 11 is 19.9. The van der Waals surface area contributed by atoms with Crippen LogP contribution >= 0.6 is 51.3 Å². The molecular weight excluding hydrogens is 321 g/mol. The van der Waals surface area contributed by atoms with Gasteiger partial charge in [-0.15, -0.1) is 0 Å². The van der Waals surface area contributed by atoms with Gasteiger partial charge >= 0.3 is 0 Å². The summed E-state index contributed by atoms with van der Waals surface area (Å²) in [5.41, 5.74) is 5.42. The Morgan fingerprint density at radius 1 is 1.47 bits per heavy atom. The van der Waals surface area contributed by atoms with Crippen molar-refractivity contribution in [1.29, 1.82) is 0 Å². The molecule has 0 amide bonds. The third-order valence-corrected chi connectivity index (χ3v) is 3.50. The van der Waals surface area contributed by atoms with Gasteiger partial charge in [-0.25, -0.2) is 0 Å². The van der Waals surface area contributed by atoms with E-state index in [-0.39, 0.29) is 11.1 Å². The lowest BCUT2D eigenvalue weighted by Crippen LogP contribution is -2.28. The van der Waals surface area contributed by atoms with Gasteiger partial charge in [0.25, 0.3) is 0 Å². The molecule has 1 aromatic carbocycles. The number of hydrogen-bond donors (Lipinski definition) is 1. The van der Waals surface area contributed by atoms with Gasteiger partial charge in [-0.1, -0.05) is 35.4 Å². The van der Waals surface area contributed by atoms with Crippen molar-refractivity contribution in [1.82, 2.24) is 0 Å². The Bertz CT molecular complexity index is 400. The van der Waals surface area contributed by atoms with E-state index in [1.807, 2.05) is 0 Å². The Balaban J connectivity index is 2.95. The molecule has 1 rings (SSSR count). The Morgan fingerprint density at radius 3 is 2.60 bits per heavy atom. The fourth-order valence-corrected chi connectivity index (χ4v) is 1.73. The van der Waals surface area contributed by atoms with Crippen LogP contribution < -0.4 is 10.5 Å². The second-order valence-corrected chi connectivity index (χ2v) is 5.00. The number of rotatable bonds is 3. The van der Waals surface area contributed by atoms with Crippen LogP contribution in [0.4, 0.5) is 0 Å². The number of benzene rings is 1. The number of nitrogens with two attached hydrogens (primary N) is 1. The van der Waals surface area contributed by atoms with Gasteiger partial charge < -0.3 is 10.5 Å². The van der Waals surface area contributed by atoms with Gasteiger partial charge in [-0.05, 0) is 28.9 Å². The van der Waals surface area contributed by atoms with Crippen molar-refractivity contribution in [3.05, 3.63) is 26.7 Å². The van der Waals surface area contributed by atoms with Gasteiger partial charge in [0, 0.05) is 10.5 Å². The molecule has 0 fully saturated rings. The maximum atomic E-state index is 5.95. The molecule has 1 aromatic rings. The fourth-order valence-electron chi connectivity index (χ4n) is 0.843. The molecule has 0 saturated heterocycles. The van der Waals surface area contributed by atoms with E-state index in [0.29, 0.717) is 20.3 Å². The number of ether oxygens (including phenoxy) is 1. The van der Waals surface area contributed by atoms with Crippen LogP contribution in [0.2, 0.25) is 10.0 Å². The minimum Gasteiger partial charge on any atom is -0.482 e. The molecule has 0 spiro atoms. The zero-order valence-corrected chi connectivity index (χ0v) is 11.7. The van der Waals surface area contributed by atoms with Crippen molar-refractivity contribution in [2.24, 2.45) is 5.73 Å². The highest BCUT2D eigenvalue weighted by molar-refractivity contribution is 9.10. The van der Waals surface area contributed by atoms with Crippen LogP contribution in [0.15, 0.2) is 16.6 Å². The molecule has 0 saturated carbocycles. The summed E-state index contributed by atoms with van der Waals surface area (Å²) in [4.78, 5) is 0.269. The summed E-state index contributed by atoms with van der Waals surface area (Å²) in [6, 6.07) is 3.27. The first-order valence-corrected chi connectivity index (χ1v) is 5.98. The van der Waals surface area contributed by atoms with Crippen molar-refractivity contribution < 1.29 is 4.74 Å². The lowest BCUT2D eigenvalue weighted by molar-refractivity contribution is 0.288. The third kappa shape index (κ3) is 3.48. The van der Waals surface area contributed by atoms with E-state index < -0.39 is 0 Å². The summed E-state index contributed by atoms with van der Waals surface area (Å²) in [7, 11) is 0. The Hall–Kier alpha value is -0.0300. The number of halogens is 3. The first kappa shape index (κ1) is 13.0. The second kappa shape index (κ2) is 5.34. The summed E-state index contributed by atoms with van der Waals surface area (Å²) in [5.74, 6) is 0.463. The minimum absolute atomic E-state index is 0.269. The van der Waals surface area contributed by atoms with Gasteiger partial charge in [0.2, 0.25) is 0 Å². The predicted molar refractivity (Wildman–Crippen MR) is 71.0 cm³/mol. The summed E-state index contributed by atoms with van der Waals surface area (Å²) < 4.78 is 6.15. The smallest absolute Gasteiger partial charge is 0.145 e. The van der Waals surface area contributed by atoms with Crippen LogP contribution in [0.3, 0.4) is 0 Å². The maximum absolute atomic E-state index is 5.95. The van der Waals surface area contributed by atoms with Crippen molar-refractivity contribution in [2.75, 3.05) is 0 Å². The molecule has 0 bridgehead atoms. The lowest BCUT2D eigenvalue weighted by atomic mass is 10.3. The molecule has 1 atom stereocenters. The zero-order chi connectivity index (χ0) is 11.6. The molecule has 1 unspecified atom stereocenters. The monoisotopic (exact) mass is 327 g/mol. The maximum Gasteiger partial charge on any atom is 0.145 e. The highest BCUT2D eigenvalue weighted by atomic mass is 79.9. The van der Waals surface area contributed by atoms with Gasteiger partial charge in [-0.3, -0.25) is 0 Å². The Morgan fingerprint density at radius 2 is 2.07 bits per heavy atom. The molecule has 0 aliphatic carbocycles. The van der Waals surface area contributed by atoms with Crippen LogP contribution in [-0.2, 0) is 0 Å². The Labute approximate surface area is 112 Å². The Kier molecular flexibility index (Phi) is 4.64. The molecule has 6 heteroatoms. The SMILES string of the molecule is CC(Oc1cc(Cl)c(Br)cc1Cl)C(N)=S. The van der Waals surface area contributed by atoms with Crippen molar-refractivity contribution >= 4 is 56.3 Å². The van der Waals surface area contributed by atoms with E-state index in [4.69, 9.17) is 45.9 Å². The minimum atomic E-state index is -0.380. The van der Waals surface area contributed by atoms with E-state index in [0.717, 1.165) is 0 Å². The van der Waals surface area contributed by atoms with E-state index in [2.05, 4.69) is 15.9 Å². The van der Waals surface area contributed by atoms with E-state index >= 15 is 0 Å². The molecule has 2 N–H and O–H groups in total. The fraction of sp³-hybridized carbons (Fsp3) is 0.222. The van der Waals surface area contributed by atoms with Crippen molar-refractivity contribution in [3.63, 3.8) is 0 Å². The molecule has 2 nitrogen and oxygen atoms in total. The number of hydrogen-bond acceptors (Lipinski definition) is 2. The first-order valence-electron chi connectivity index (χ1n) is 4.02. The van der Waals surface area contributed by atoms with E-state index in [1.165, 1.54) is 0 Å². The molecule has 0 aromatic heterocycles. The van der Waals surface area contributed by atoms with E-state index in [1.54, 1.807) is 19.1 Å². The van der Waals surface area contributed by atoms with Gasteiger partial charge in [0.05, 0.1) is 10.0 Å². The van der Waals surface area contributed by atoms with Crippen molar-refractivity contribution in [2.45, 2.75) is 13.0 Å². The van der Waals surface area contributed by atoms with Crippen LogP contribution in [0.1, 0.15) is 6.92 Å². The predicted octanol–water partition coefficient (Wildman–Crippen LogP) is 3.81. The summed E-state index contributed by atoms with van der Waals surface area (Å²) in [6.45, 7) is 1.74. The van der Waals surface area contributed by atoms with Crippen LogP contribution in [0.5, 0.6) is 5.75 Å². The highest BCUT2D eigenvalue weighted by Gasteiger charge is 2.11. The molecule has 15 heavy (non-hydrogen) atoms. The molecule has 0 aliphatic rings. The standard InChI is InChI=1S/C9H8BrCl2NOS/c1-4(9(13)15)14-8-3-6(11)5(10)2-7(8)12/h2-4H,1H3,(H2,13,15). The second-order valence-electron chi connectivity index (χ2n) is 2.86. The number of thiocarbonyl (C=S) groups is 1. The van der Waals surface area contributed by atoms with Gasteiger partial charge in [-0.2, -0.15) is 0 Å². The largest absolute Gasteiger partial charge is 0.482 e. The lowest BCUT2D eigenvalue weighted by Gasteiger charge is -2.14. The normalized spacial score (nSPS) is 12.3. The molecule has 0 radical (unpaired) electrons. The first-order chi connectivity index (χ1) is 6.91. The van der Waals surface area contributed by atoms with E-state index in [9.17, 15) is 0 Å². The quantitative estimate of drug-likeness (QED) is 0.677. The van der Waals surface area contributed by atoms with Gasteiger partial charge in [0.1, 0.15) is 16.8 Å². The average Bonchev–Trinajstić information content (AvgIpc) is 2.13. The van der Waals surface area contributed by atoms with Crippen LogP contribution in [-0.4, -0.2) is 11.1 Å². The topological polar surface area (TPSA) is 35.2 Å². The molecular formula is C9H8BrCl2NOS. The molecule has 82 valence electrons. The highest BCUT2D eigenvalue weighted by Crippen LogP contribution is 2.34.